The lowest BCUT2D eigenvalue weighted by Gasteiger charge is -2.25. The molecule has 0 saturated carbocycles. The third-order valence-electron chi connectivity index (χ3n) is 5.37. The first kappa shape index (κ1) is 23.5. The molecule has 0 fully saturated rings. The predicted molar refractivity (Wildman–Crippen MR) is 115 cm³/mol. The lowest BCUT2D eigenvalue weighted by Crippen LogP contribution is -2.36. The third-order valence-corrected chi connectivity index (χ3v) is 5.37. The molecule has 0 aliphatic rings. The smallest absolute Gasteiger partial charge is 0.368 e. The average molecular weight is 444 g/mol. The first-order chi connectivity index (χ1) is 15.1. The Hall–Kier alpha value is -3.19. The van der Waals surface area contributed by atoms with E-state index in [0.717, 1.165) is 23.3 Å². The number of nitrogens with one attached hydrogen (secondary N) is 1. The average Bonchev–Trinajstić information content (AvgIpc) is 2.76. The molecule has 3 N–H and O–H groups in total. The second-order valence-electron chi connectivity index (χ2n) is 7.71. The molecule has 0 saturated heterocycles. The SMILES string of the molecule is Cc1cc([C@H](CCc2ccc(C(F)(F)F)cc2)NC(C(N)=O)c2ccccc2)ccc1F. The topological polar surface area (TPSA) is 55.1 Å². The molecule has 3 aromatic carbocycles. The molecular weight excluding hydrogens is 420 g/mol. The maximum Gasteiger partial charge on any atom is 0.416 e. The molecular formula is C25H24F4N2O. The van der Waals surface area contributed by atoms with E-state index in [2.05, 4.69) is 5.32 Å². The minimum absolute atomic E-state index is 0.343. The van der Waals surface area contributed by atoms with Gasteiger partial charge in [0.1, 0.15) is 11.9 Å². The summed E-state index contributed by atoms with van der Waals surface area (Å²) in [5.41, 5.74) is 7.57. The summed E-state index contributed by atoms with van der Waals surface area (Å²) in [5, 5.41) is 3.26. The van der Waals surface area contributed by atoms with Crippen LogP contribution in [0.15, 0.2) is 72.8 Å². The Balaban J connectivity index is 1.85. The van der Waals surface area contributed by atoms with Gasteiger partial charge in [0.2, 0.25) is 5.91 Å². The second-order valence-corrected chi connectivity index (χ2v) is 7.71. The number of hydrogen-bond acceptors (Lipinski definition) is 2. The number of rotatable bonds is 8. The number of hydrogen-bond donors (Lipinski definition) is 2. The number of amides is 1. The molecule has 0 spiro atoms. The first-order valence-electron chi connectivity index (χ1n) is 10.2. The van der Waals surface area contributed by atoms with Gasteiger partial charge in [0.15, 0.2) is 0 Å². The van der Waals surface area contributed by atoms with Gasteiger partial charge in [-0.2, -0.15) is 13.2 Å². The van der Waals surface area contributed by atoms with Crippen molar-refractivity contribution in [2.24, 2.45) is 5.73 Å². The van der Waals surface area contributed by atoms with Gasteiger partial charge >= 0.3 is 6.18 Å². The van der Waals surface area contributed by atoms with E-state index in [4.69, 9.17) is 5.73 Å². The van der Waals surface area contributed by atoms with Crippen molar-refractivity contribution >= 4 is 5.91 Å². The van der Waals surface area contributed by atoms with Crippen LogP contribution in [0.4, 0.5) is 17.6 Å². The zero-order valence-corrected chi connectivity index (χ0v) is 17.5. The molecule has 3 aromatic rings. The molecule has 0 aliphatic heterocycles. The summed E-state index contributed by atoms with van der Waals surface area (Å²) in [6, 6.07) is 17.5. The summed E-state index contributed by atoms with van der Waals surface area (Å²) in [6.07, 6.45) is -3.47. The third kappa shape index (κ3) is 5.95. The van der Waals surface area contributed by atoms with Crippen LogP contribution in [0.25, 0.3) is 0 Å². The van der Waals surface area contributed by atoms with Crippen molar-refractivity contribution in [3.05, 3.63) is 106 Å². The Morgan fingerprint density at radius 3 is 2.19 bits per heavy atom. The van der Waals surface area contributed by atoms with Crippen LogP contribution in [0, 0.1) is 12.7 Å². The van der Waals surface area contributed by atoms with Crippen molar-refractivity contribution in [3.8, 4) is 0 Å². The van der Waals surface area contributed by atoms with E-state index < -0.39 is 23.7 Å². The molecule has 0 bridgehead atoms. The highest BCUT2D eigenvalue weighted by molar-refractivity contribution is 5.81. The number of carbonyl (C=O) groups is 1. The van der Waals surface area contributed by atoms with Crippen LogP contribution < -0.4 is 11.1 Å². The van der Waals surface area contributed by atoms with Gasteiger partial charge in [0, 0.05) is 6.04 Å². The van der Waals surface area contributed by atoms with E-state index in [1.165, 1.54) is 18.2 Å². The van der Waals surface area contributed by atoms with E-state index >= 15 is 0 Å². The number of aryl methyl sites for hydroxylation is 2. The molecule has 1 amide bonds. The molecule has 7 heteroatoms. The lowest BCUT2D eigenvalue weighted by atomic mass is 9.95. The van der Waals surface area contributed by atoms with E-state index in [1.54, 1.807) is 43.3 Å². The lowest BCUT2D eigenvalue weighted by molar-refractivity contribution is -0.137. The highest BCUT2D eigenvalue weighted by Gasteiger charge is 2.30. The number of benzene rings is 3. The van der Waals surface area contributed by atoms with Crippen molar-refractivity contribution in [1.82, 2.24) is 5.32 Å². The van der Waals surface area contributed by atoms with Crippen LogP contribution in [0.2, 0.25) is 0 Å². The molecule has 2 atom stereocenters. The Kier molecular flexibility index (Phi) is 7.30. The number of alkyl halides is 3. The van der Waals surface area contributed by atoms with Crippen LogP contribution >= 0.6 is 0 Å². The molecule has 0 aliphatic carbocycles. The maximum absolute atomic E-state index is 13.8. The Labute approximate surface area is 184 Å². The van der Waals surface area contributed by atoms with Gasteiger partial charge in [-0.1, -0.05) is 54.6 Å². The molecule has 168 valence electrons. The van der Waals surface area contributed by atoms with Crippen molar-refractivity contribution in [2.75, 3.05) is 0 Å². The maximum atomic E-state index is 13.8. The molecule has 0 heterocycles. The fraction of sp³-hybridized carbons (Fsp3) is 0.240. The minimum atomic E-state index is -4.39. The highest BCUT2D eigenvalue weighted by atomic mass is 19.4. The van der Waals surface area contributed by atoms with Crippen molar-refractivity contribution in [2.45, 2.75) is 38.0 Å². The van der Waals surface area contributed by atoms with E-state index in [-0.39, 0.29) is 11.9 Å². The molecule has 0 radical (unpaired) electrons. The fourth-order valence-electron chi connectivity index (χ4n) is 3.59. The van der Waals surface area contributed by atoms with Gasteiger partial charge in [-0.15, -0.1) is 0 Å². The zero-order chi connectivity index (χ0) is 23.3. The summed E-state index contributed by atoms with van der Waals surface area (Å²) in [5.74, 6) is -0.903. The predicted octanol–water partition coefficient (Wildman–Crippen LogP) is 5.64. The summed E-state index contributed by atoms with van der Waals surface area (Å²) < 4.78 is 52.3. The standard InChI is InChI=1S/C25H24F4N2O/c1-16-15-19(10-13-21(16)26)22(31-23(24(30)32)18-5-3-2-4-6-18)14-9-17-7-11-20(12-8-17)25(27,28)29/h2-8,10-13,15,22-23,31H,9,14H2,1H3,(H2,30,32)/t22-,23?/m0/s1. The van der Waals surface area contributed by atoms with E-state index in [0.29, 0.717) is 24.0 Å². The Morgan fingerprint density at radius 2 is 1.62 bits per heavy atom. The van der Waals surface area contributed by atoms with Crippen LogP contribution in [-0.4, -0.2) is 5.91 Å². The second kappa shape index (κ2) is 9.96. The molecule has 3 rings (SSSR count). The van der Waals surface area contributed by atoms with Crippen LogP contribution in [0.5, 0.6) is 0 Å². The summed E-state index contributed by atoms with van der Waals surface area (Å²) in [7, 11) is 0. The minimum Gasteiger partial charge on any atom is -0.368 e. The van der Waals surface area contributed by atoms with Crippen molar-refractivity contribution in [1.29, 1.82) is 0 Å². The number of carbonyl (C=O) groups excluding carboxylic acids is 1. The molecule has 32 heavy (non-hydrogen) atoms. The quantitative estimate of drug-likeness (QED) is 0.442. The van der Waals surface area contributed by atoms with Gasteiger partial charge in [0.25, 0.3) is 0 Å². The fourth-order valence-corrected chi connectivity index (χ4v) is 3.59. The van der Waals surface area contributed by atoms with Crippen LogP contribution in [-0.2, 0) is 17.4 Å². The van der Waals surface area contributed by atoms with Gasteiger partial charge in [-0.25, -0.2) is 4.39 Å². The van der Waals surface area contributed by atoms with Gasteiger partial charge in [0.05, 0.1) is 5.56 Å². The van der Waals surface area contributed by atoms with Gasteiger partial charge in [-0.05, 0) is 60.2 Å². The normalized spacial score (nSPS) is 13.5. The number of halogens is 4. The van der Waals surface area contributed by atoms with Crippen LogP contribution in [0.3, 0.4) is 0 Å². The Bertz CT molecular complexity index is 1050. The molecule has 0 aromatic heterocycles. The van der Waals surface area contributed by atoms with Crippen molar-refractivity contribution in [3.63, 3.8) is 0 Å². The summed E-state index contributed by atoms with van der Waals surface area (Å²) in [4.78, 5) is 12.2. The van der Waals surface area contributed by atoms with E-state index in [9.17, 15) is 22.4 Å². The first-order valence-corrected chi connectivity index (χ1v) is 10.2. The largest absolute Gasteiger partial charge is 0.416 e. The summed E-state index contributed by atoms with van der Waals surface area (Å²) in [6.45, 7) is 1.65. The summed E-state index contributed by atoms with van der Waals surface area (Å²) >= 11 is 0. The van der Waals surface area contributed by atoms with E-state index in [1.807, 2.05) is 6.07 Å². The highest BCUT2D eigenvalue weighted by Crippen LogP contribution is 2.30. The molecule has 1 unspecified atom stereocenters. The van der Waals surface area contributed by atoms with Gasteiger partial charge in [-0.3, -0.25) is 10.1 Å². The monoisotopic (exact) mass is 444 g/mol. The molecule has 3 nitrogen and oxygen atoms in total. The number of primary amides is 1. The zero-order valence-electron chi connectivity index (χ0n) is 17.5. The Morgan fingerprint density at radius 1 is 0.969 bits per heavy atom. The number of nitrogens with two attached hydrogens (primary N) is 1. The van der Waals surface area contributed by atoms with Gasteiger partial charge < -0.3 is 5.73 Å². The van der Waals surface area contributed by atoms with Crippen LogP contribution in [0.1, 0.15) is 46.3 Å². The van der Waals surface area contributed by atoms with Crippen molar-refractivity contribution < 1.29 is 22.4 Å².